The van der Waals surface area contributed by atoms with Crippen molar-refractivity contribution in [2.45, 2.75) is 36.8 Å². The van der Waals surface area contributed by atoms with Crippen molar-refractivity contribution in [3.8, 4) is 0 Å². The molecule has 0 saturated carbocycles. The van der Waals surface area contributed by atoms with Crippen LogP contribution in [0.15, 0.2) is 23.1 Å². The smallest absolute Gasteiger partial charge is 0.341 e. The molecule has 3 rings (SSSR count). The summed E-state index contributed by atoms with van der Waals surface area (Å²) in [6, 6.07) is 6.50. The number of rotatable bonds is 6. The minimum atomic E-state index is -0.471. The van der Waals surface area contributed by atoms with E-state index in [0.717, 1.165) is 29.1 Å². The molecule has 0 bridgehead atoms. The fourth-order valence-corrected chi connectivity index (χ4v) is 5.24. The Bertz CT molecular complexity index is 846. The molecule has 1 amide bonds. The van der Waals surface area contributed by atoms with Gasteiger partial charge in [-0.05, 0) is 49.4 Å². The third-order valence-corrected chi connectivity index (χ3v) is 6.48. The second kappa shape index (κ2) is 8.14. The predicted molar refractivity (Wildman–Crippen MR) is 106 cm³/mol. The van der Waals surface area contributed by atoms with Crippen molar-refractivity contribution in [3.05, 3.63) is 45.3 Å². The molecule has 1 aromatic heterocycles. The number of benzene rings is 1. The Morgan fingerprint density at radius 1 is 1.31 bits per heavy atom. The van der Waals surface area contributed by atoms with Gasteiger partial charge in [-0.25, -0.2) is 4.79 Å². The van der Waals surface area contributed by atoms with Crippen LogP contribution >= 0.6 is 23.1 Å². The number of nitrogens with one attached hydrogen (secondary N) is 1. The van der Waals surface area contributed by atoms with Crippen LogP contribution in [-0.2, 0) is 23.3 Å². The first-order valence-corrected chi connectivity index (χ1v) is 10.4. The Morgan fingerprint density at radius 3 is 2.81 bits per heavy atom. The number of carbonyl (C=O) groups excluding carboxylic acids is 2. The Balaban J connectivity index is 1.89. The lowest BCUT2D eigenvalue weighted by atomic mass is 10.1. The molecule has 26 heavy (non-hydrogen) atoms. The molecule has 3 N–H and O–H groups in total. The van der Waals surface area contributed by atoms with Gasteiger partial charge in [0.05, 0.1) is 17.0 Å². The zero-order chi connectivity index (χ0) is 18.7. The van der Waals surface area contributed by atoms with E-state index in [9.17, 15) is 9.59 Å². The van der Waals surface area contributed by atoms with Gasteiger partial charge in [-0.2, -0.15) is 0 Å². The molecule has 2 aromatic rings. The lowest BCUT2D eigenvalue weighted by molar-refractivity contribution is 0.0527. The standard InChI is InChI=1S/C19H22N2O3S2/c1-3-24-19(23)15-14(16(18(22)21-2)26-17(15)20)10-25-13-8-7-11-5-4-6-12(11)9-13/h7-9H,3-6,10,20H2,1-2H3,(H,21,22). The van der Waals surface area contributed by atoms with E-state index in [1.165, 1.54) is 17.5 Å². The molecule has 0 unspecified atom stereocenters. The number of anilines is 1. The predicted octanol–water partition coefficient (Wildman–Crippen LogP) is 3.65. The average Bonchev–Trinajstić information content (AvgIpc) is 3.22. The molecule has 0 atom stereocenters. The van der Waals surface area contributed by atoms with Gasteiger partial charge in [-0.15, -0.1) is 23.1 Å². The number of esters is 1. The summed E-state index contributed by atoms with van der Waals surface area (Å²) >= 11 is 2.74. The third-order valence-electron chi connectivity index (χ3n) is 4.40. The molecule has 0 aliphatic heterocycles. The molecular formula is C19H22N2O3S2. The van der Waals surface area contributed by atoms with Gasteiger partial charge in [-0.1, -0.05) is 6.07 Å². The van der Waals surface area contributed by atoms with E-state index in [0.29, 0.717) is 26.8 Å². The van der Waals surface area contributed by atoms with Crippen molar-refractivity contribution in [1.29, 1.82) is 0 Å². The fraction of sp³-hybridized carbons (Fsp3) is 0.368. The Hall–Kier alpha value is -1.99. The number of nitrogen functional groups attached to an aromatic ring is 1. The van der Waals surface area contributed by atoms with Crippen molar-refractivity contribution in [2.75, 3.05) is 19.4 Å². The summed E-state index contributed by atoms with van der Waals surface area (Å²) in [5.41, 5.74) is 9.83. The number of ether oxygens (including phenoxy) is 1. The van der Waals surface area contributed by atoms with Gasteiger partial charge in [-0.3, -0.25) is 4.79 Å². The van der Waals surface area contributed by atoms with Crippen molar-refractivity contribution in [2.24, 2.45) is 0 Å². The van der Waals surface area contributed by atoms with Crippen LogP contribution in [0.4, 0.5) is 5.00 Å². The summed E-state index contributed by atoms with van der Waals surface area (Å²) in [5, 5.41) is 2.95. The fourth-order valence-electron chi connectivity index (χ4n) is 3.14. The van der Waals surface area contributed by atoms with Crippen LogP contribution < -0.4 is 11.1 Å². The number of hydrogen-bond acceptors (Lipinski definition) is 6. The maximum Gasteiger partial charge on any atom is 0.341 e. The first-order valence-electron chi connectivity index (χ1n) is 8.60. The SMILES string of the molecule is CCOC(=O)c1c(N)sc(C(=O)NC)c1CSc1ccc2c(c1)CCC2. The van der Waals surface area contributed by atoms with Crippen LogP contribution in [0.3, 0.4) is 0 Å². The van der Waals surface area contributed by atoms with Gasteiger partial charge in [0.1, 0.15) is 5.00 Å². The van der Waals surface area contributed by atoms with E-state index in [1.807, 2.05) is 0 Å². The number of thioether (sulfide) groups is 1. The normalized spacial score (nSPS) is 12.7. The first-order chi connectivity index (χ1) is 12.5. The molecule has 138 valence electrons. The number of hydrogen-bond donors (Lipinski definition) is 2. The number of nitrogens with two attached hydrogens (primary N) is 1. The number of aryl methyl sites for hydroxylation is 2. The van der Waals surface area contributed by atoms with Gasteiger partial charge in [0.15, 0.2) is 0 Å². The van der Waals surface area contributed by atoms with Gasteiger partial charge >= 0.3 is 5.97 Å². The van der Waals surface area contributed by atoms with Crippen LogP contribution in [0.2, 0.25) is 0 Å². The van der Waals surface area contributed by atoms with E-state index in [-0.39, 0.29) is 12.5 Å². The van der Waals surface area contributed by atoms with Crippen molar-refractivity contribution < 1.29 is 14.3 Å². The molecular weight excluding hydrogens is 368 g/mol. The monoisotopic (exact) mass is 390 g/mol. The maximum absolute atomic E-state index is 12.3. The highest BCUT2D eigenvalue weighted by molar-refractivity contribution is 7.98. The molecule has 0 spiro atoms. The lowest BCUT2D eigenvalue weighted by Crippen LogP contribution is -2.18. The van der Waals surface area contributed by atoms with E-state index in [4.69, 9.17) is 10.5 Å². The highest BCUT2D eigenvalue weighted by Crippen LogP contribution is 2.37. The van der Waals surface area contributed by atoms with Crippen LogP contribution in [-0.4, -0.2) is 25.5 Å². The van der Waals surface area contributed by atoms with E-state index in [2.05, 4.69) is 23.5 Å². The van der Waals surface area contributed by atoms with Gasteiger partial charge in [0.25, 0.3) is 5.91 Å². The second-order valence-electron chi connectivity index (χ2n) is 6.02. The van der Waals surface area contributed by atoms with Crippen LogP contribution in [0.1, 0.15) is 50.1 Å². The summed E-state index contributed by atoms with van der Waals surface area (Å²) in [5.74, 6) is -0.216. The molecule has 0 radical (unpaired) electrons. The second-order valence-corrected chi connectivity index (χ2v) is 8.12. The van der Waals surface area contributed by atoms with Crippen molar-refractivity contribution in [3.63, 3.8) is 0 Å². The average molecular weight is 391 g/mol. The van der Waals surface area contributed by atoms with E-state index in [1.54, 1.807) is 25.7 Å². The topological polar surface area (TPSA) is 81.4 Å². The van der Waals surface area contributed by atoms with Crippen molar-refractivity contribution >= 4 is 40.0 Å². The molecule has 0 saturated heterocycles. The minimum Gasteiger partial charge on any atom is -0.462 e. The Labute approximate surface area is 161 Å². The summed E-state index contributed by atoms with van der Waals surface area (Å²) in [6.45, 7) is 2.01. The summed E-state index contributed by atoms with van der Waals surface area (Å²) in [4.78, 5) is 26.2. The highest BCUT2D eigenvalue weighted by Gasteiger charge is 2.26. The third kappa shape index (κ3) is 3.73. The molecule has 1 aromatic carbocycles. The van der Waals surface area contributed by atoms with E-state index >= 15 is 0 Å². The molecule has 1 aliphatic rings. The summed E-state index contributed by atoms with van der Waals surface area (Å²) in [7, 11) is 1.57. The zero-order valence-electron chi connectivity index (χ0n) is 14.9. The van der Waals surface area contributed by atoms with Crippen molar-refractivity contribution in [1.82, 2.24) is 5.32 Å². The van der Waals surface area contributed by atoms with Crippen LogP contribution in [0, 0.1) is 0 Å². The van der Waals surface area contributed by atoms with E-state index < -0.39 is 5.97 Å². The lowest BCUT2D eigenvalue weighted by Gasteiger charge is -2.08. The summed E-state index contributed by atoms with van der Waals surface area (Å²) in [6.07, 6.45) is 3.47. The molecule has 5 nitrogen and oxygen atoms in total. The quantitative estimate of drug-likeness (QED) is 0.581. The number of thiophene rings is 1. The summed E-state index contributed by atoms with van der Waals surface area (Å²) < 4.78 is 5.14. The molecule has 7 heteroatoms. The van der Waals surface area contributed by atoms with Crippen LogP contribution in [0.25, 0.3) is 0 Å². The largest absolute Gasteiger partial charge is 0.462 e. The van der Waals surface area contributed by atoms with Gasteiger partial charge < -0.3 is 15.8 Å². The Morgan fingerprint density at radius 2 is 2.08 bits per heavy atom. The maximum atomic E-state index is 12.3. The minimum absolute atomic E-state index is 0.234. The Kier molecular flexibility index (Phi) is 5.88. The van der Waals surface area contributed by atoms with Gasteiger partial charge in [0, 0.05) is 23.3 Å². The van der Waals surface area contributed by atoms with Gasteiger partial charge in [0.2, 0.25) is 0 Å². The first kappa shape index (κ1) is 18.8. The molecule has 0 fully saturated rings. The van der Waals surface area contributed by atoms with Crippen LogP contribution in [0.5, 0.6) is 0 Å². The molecule has 1 aliphatic carbocycles. The number of fused-ring (bicyclic) bond motifs is 1. The number of carbonyl (C=O) groups is 2. The zero-order valence-corrected chi connectivity index (χ0v) is 16.5. The highest BCUT2D eigenvalue weighted by atomic mass is 32.2. The number of amides is 1. The molecule has 1 heterocycles.